The molecule has 2 heterocycles. The van der Waals surface area contributed by atoms with E-state index in [2.05, 4.69) is 15.1 Å². The molecule has 0 aliphatic heterocycles. The first-order chi connectivity index (χ1) is 10.1. The Morgan fingerprint density at radius 3 is 2.57 bits per heavy atom. The molecule has 0 saturated carbocycles. The van der Waals surface area contributed by atoms with E-state index in [1.807, 2.05) is 32.0 Å². The van der Waals surface area contributed by atoms with E-state index in [4.69, 9.17) is 17.3 Å². The molecule has 0 aliphatic rings. The lowest BCUT2D eigenvalue weighted by Crippen LogP contribution is -1.97. The van der Waals surface area contributed by atoms with Crippen LogP contribution in [-0.2, 0) is 0 Å². The standard InChI is InChI=1S/C15H14ClN5/c1-9-3-4-11(7-12(9)16)21-8-13(17)15(20-21)14-10(2)18-5-6-19-14/h3-8H,17H2,1-2H3. The zero-order valence-corrected chi connectivity index (χ0v) is 12.5. The predicted molar refractivity (Wildman–Crippen MR) is 83.5 cm³/mol. The van der Waals surface area contributed by atoms with Gasteiger partial charge in [-0.15, -0.1) is 0 Å². The van der Waals surface area contributed by atoms with Gasteiger partial charge in [0, 0.05) is 17.4 Å². The van der Waals surface area contributed by atoms with Crippen LogP contribution in [0.5, 0.6) is 0 Å². The Kier molecular flexibility index (Phi) is 3.35. The summed E-state index contributed by atoms with van der Waals surface area (Å²) in [5, 5.41) is 5.21. The van der Waals surface area contributed by atoms with Gasteiger partial charge in [0.1, 0.15) is 11.4 Å². The van der Waals surface area contributed by atoms with Crippen LogP contribution < -0.4 is 5.73 Å². The second kappa shape index (κ2) is 5.18. The maximum atomic E-state index is 6.16. The maximum absolute atomic E-state index is 6.16. The normalized spacial score (nSPS) is 10.8. The molecule has 0 fully saturated rings. The molecule has 21 heavy (non-hydrogen) atoms. The molecule has 0 amide bonds. The van der Waals surface area contributed by atoms with Gasteiger partial charge in [-0.2, -0.15) is 5.10 Å². The lowest BCUT2D eigenvalue weighted by molar-refractivity contribution is 0.880. The van der Waals surface area contributed by atoms with Crippen molar-refractivity contribution >= 4 is 17.3 Å². The number of anilines is 1. The summed E-state index contributed by atoms with van der Waals surface area (Å²) >= 11 is 6.16. The molecule has 0 saturated heterocycles. The van der Waals surface area contributed by atoms with Gasteiger partial charge in [0.05, 0.1) is 23.3 Å². The van der Waals surface area contributed by atoms with E-state index in [9.17, 15) is 0 Å². The lowest BCUT2D eigenvalue weighted by Gasteiger charge is -2.04. The van der Waals surface area contributed by atoms with Crippen LogP contribution in [0.3, 0.4) is 0 Å². The Morgan fingerprint density at radius 1 is 1.10 bits per heavy atom. The van der Waals surface area contributed by atoms with Gasteiger partial charge in [0.15, 0.2) is 0 Å². The lowest BCUT2D eigenvalue weighted by atomic mass is 10.2. The minimum absolute atomic E-state index is 0.551. The highest BCUT2D eigenvalue weighted by Gasteiger charge is 2.14. The third-order valence-electron chi connectivity index (χ3n) is 3.27. The van der Waals surface area contributed by atoms with Gasteiger partial charge in [0.2, 0.25) is 0 Å². The highest BCUT2D eigenvalue weighted by molar-refractivity contribution is 6.31. The Labute approximate surface area is 127 Å². The van der Waals surface area contributed by atoms with Gasteiger partial charge in [0.25, 0.3) is 0 Å². The summed E-state index contributed by atoms with van der Waals surface area (Å²) in [4.78, 5) is 8.52. The molecule has 106 valence electrons. The summed E-state index contributed by atoms with van der Waals surface area (Å²) in [6, 6.07) is 5.75. The van der Waals surface area contributed by atoms with Crippen LogP contribution in [0.4, 0.5) is 5.69 Å². The van der Waals surface area contributed by atoms with Gasteiger partial charge in [-0.3, -0.25) is 9.97 Å². The summed E-state index contributed by atoms with van der Waals surface area (Å²) in [5.74, 6) is 0. The van der Waals surface area contributed by atoms with Crippen molar-refractivity contribution in [2.45, 2.75) is 13.8 Å². The number of benzene rings is 1. The quantitative estimate of drug-likeness (QED) is 0.789. The van der Waals surface area contributed by atoms with E-state index in [1.165, 1.54) is 0 Å². The molecule has 2 N–H and O–H groups in total. The largest absolute Gasteiger partial charge is 0.396 e. The number of hydrogen-bond donors (Lipinski definition) is 1. The Balaban J connectivity index is 2.09. The van der Waals surface area contributed by atoms with Crippen molar-refractivity contribution in [3.05, 3.63) is 53.1 Å². The monoisotopic (exact) mass is 299 g/mol. The van der Waals surface area contributed by atoms with Crippen molar-refractivity contribution in [3.8, 4) is 17.1 Å². The molecule has 0 bridgehead atoms. The average Bonchev–Trinajstić information content (AvgIpc) is 2.84. The highest BCUT2D eigenvalue weighted by atomic mass is 35.5. The fourth-order valence-electron chi connectivity index (χ4n) is 2.07. The molecule has 0 spiro atoms. The average molecular weight is 300 g/mol. The zero-order valence-electron chi connectivity index (χ0n) is 11.7. The second-order valence-electron chi connectivity index (χ2n) is 4.80. The van der Waals surface area contributed by atoms with Gasteiger partial charge < -0.3 is 5.73 Å². The molecular weight excluding hydrogens is 286 g/mol. The third kappa shape index (κ3) is 2.48. The smallest absolute Gasteiger partial charge is 0.136 e. The number of nitrogen functional groups attached to an aromatic ring is 1. The van der Waals surface area contributed by atoms with Gasteiger partial charge in [-0.05, 0) is 31.5 Å². The van der Waals surface area contributed by atoms with Crippen molar-refractivity contribution in [2.75, 3.05) is 5.73 Å². The molecule has 0 atom stereocenters. The number of nitrogens with zero attached hydrogens (tertiary/aromatic N) is 4. The Morgan fingerprint density at radius 2 is 1.86 bits per heavy atom. The van der Waals surface area contributed by atoms with Crippen LogP contribution in [0.25, 0.3) is 17.1 Å². The minimum atomic E-state index is 0.551. The maximum Gasteiger partial charge on any atom is 0.136 e. The first kappa shape index (κ1) is 13.6. The molecule has 0 unspecified atom stereocenters. The summed E-state index contributed by atoms with van der Waals surface area (Å²) in [6.45, 7) is 3.83. The summed E-state index contributed by atoms with van der Waals surface area (Å²) in [6.07, 6.45) is 5.03. The predicted octanol–water partition coefficient (Wildman–Crippen LogP) is 3.18. The van der Waals surface area contributed by atoms with Gasteiger partial charge >= 0.3 is 0 Å². The number of nitrogens with two attached hydrogens (primary N) is 1. The van der Waals surface area contributed by atoms with E-state index in [-0.39, 0.29) is 0 Å². The fraction of sp³-hybridized carbons (Fsp3) is 0.133. The van der Waals surface area contributed by atoms with Crippen LogP contribution in [-0.4, -0.2) is 19.7 Å². The van der Waals surface area contributed by atoms with Crippen molar-refractivity contribution in [3.63, 3.8) is 0 Å². The topological polar surface area (TPSA) is 69.6 Å². The number of rotatable bonds is 2. The van der Waals surface area contributed by atoms with E-state index in [0.29, 0.717) is 22.1 Å². The molecule has 2 aromatic heterocycles. The van der Waals surface area contributed by atoms with Crippen molar-refractivity contribution in [1.82, 2.24) is 19.7 Å². The van der Waals surface area contributed by atoms with Crippen LogP contribution in [0.2, 0.25) is 5.02 Å². The molecule has 3 rings (SSSR count). The second-order valence-corrected chi connectivity index (χ2v) is 5.21. The van der Waals surface area contributed by atoms with E-state index in [1.54, 1.807) is 23.3 Å². The molecule has 3 aromatic rings. The molecular formula is C15H14ClN5. The first-order valence-corrected chi connectivity index (χ1v) is 6.83. The fourth-order valence-corrected chi connectivity index (χ4v) is 2.24. The van der Waals surface area contributed by atoms with E-state index < -0.39 is 0 Å². The third-order valence-corrected chi connectivity index (χ3v) is 3.68. The number of halogens is 1. The zero-order chi connectivity index (χ0) is 15.0. The van der Waals surface area contributed by atoms with Crippen LogP contribution in [0, 0.1) is 13.8 Å². The Hall–Kier alpha value is -2.40. The van der Waals surface area contributed by atoms with Crippen molar-refractivity contribution < 1.29 is 0 Å². The van der Waals surface area contributed by atoms with Crippen LogP contribution >= 0.6 is 11.6 Å². The molecule has 0 radical (unpaired) electrons. The van der Waals surface area contributed by atoms with Crippen molar-refractivity contribution in [1.29, 1.82) is 0 Å². The summed E-state index contributed by atoms with van der Waals surface area (Å²) in [7, 11) is 0. The molecule has 1 aromatic carbocycles. The van der Waals surface area contributed by atoms with Gasteiger partial charge in [-0.25, -0.2) is 4.68 Å². The van der Waals surface area contributed by atoms with E-state index in [0.717, 1.165) is 16.9 Å². The van der Waals surface area contributed by atoms with Crippen molar-refractivity contribution in [2.24, 2.45) is 0 Å². The summed E-state index contributed by atoms with van der Waals surface area (Å²) in [5.41, 5.74) is 10.6. The van der Waals surface area contributed by atoms with Crippen LogP contribution in [0.15, 0.2) is 36.8 Å². The van der Waals surface area contributed by atoms with Gasteiger partial charge in [-0.1, -0.05) is 17.7 Å². The van der Waals surface area contributed by atoms with E-state index >= 15 is 0 Å². The molecule has 6 heteroatoms. The summed E-state index contributed by atoms with van der Waals surface area (Å²) < 4.78 is 1.70. The van der Waals surface area contributed by atoms with Crippen LogP contribution in [0.1, 0.15) is 11.3 Å². The molecule has 5 nitrogen and oxygen atoms in total. The number of hydrogen-bond acceptors (Lipinski definition) is 4. The first-order valence-electron chi connectivity index (χ1n) is 6.46. The Bertz CT molecular complexity index is 810. The number of aromatic nitrogens is 4. The molecule has 0 aliphatic carbocycles. The minimum Gasteiger partial charge on any atom is -0.396 e. The number of aryl methyl sites for hydroxylation is 2. The highest BCUT2D eigenvalue weighted by Crippen LogP contribution is 2.26. The SMILES string of the molecule is Cc1ccc(-n2cc(N)c(-c3nccnc3C)n2)cc1Cl.